The van der Waals surface area contributed by atoms with Gasteiger partial charge in [-0.3, -0.25) is 0 Å². The van der Waals surface area contributed by atoms with Crippen molar-refractivity contribution in [2.24, 2.45) is 0 Å². The van der Waals surface area contributed by atoms with Gasteiger partial charge in [-0.05, 0) is 61.2 Å². The van der Waals surface area contributed by atoms with Crippen molar-refractivity contribution in [2.75, 3.05) is 11.5 Å². The van der Waals surface area contributed by atoms with Crippen molar-refractivity contribution in [1.29, 1.82) is 0 Å². The van der Waals surface area contributed by atoms with Gasteiger partial charge in [-0.2, -0.15) is 11.8 Å². The molecule has 2 nitrogen and oxygen atoms in total. The van der Waals surface area contributed by atoms with Gasteiger partial charge in [0.15, 0.2) is 0 Å². The average Bonchev–Trinajstić information content (AvgIpc) is 2.98. The Morgan fingerprint density at radius 1 is 0.390 bits per heavy atom. The van der Waals surface area contributed by atoms with E-state index >= 15 is 0 Å². The van der Waals surface area contributed by atoms with E-state index in [-0.39, 0.29) is 12.2 Å². The van der Waals surface area contributed by atoms with Gasteiger partial charge in [0.05, 0.1) is 12.2 Å². The van der Waals surface area contributed by atoms with E-state index in [4.69, 9.17) is 0 Å². The summed E-state index contributed by atoms with van der Waals surface area (Å²) in [5.74, 6) is 2.71. The smallest absolute Gasteiger partial charge is 0.0580 e. The summed E-state index contributed by atoms with van der Waals surface area (Å²) in [5, 5.41) is 20.4. The molecule has 0 radical (unpaired) electrons. The van der Waals surface area contributed by atoms with Gasteiger partial charge in [0, 0.05) is 0 Å². The van der Waals surface area contributed by atoms with E-state index < -0.39 is 0 Å². The van der Waals surface area contributed by atoms with Crippen LogP contribution in [0.25, 0.3) is 0 Å². The van der Waals surface area contributed by atoms with Crippen LogP contribution in [0.3, 0.4) is 0 Å². The quantitative estimate of drug-likeness (QED) is 0.0980. The molecule has 2 aromatic carbocycles. The number of thioether (sulfide) groups is 1. The van der Waals surface area contributed by atoms with Crippen LogP contribution in [0.5, 0.6) is 0 Å². The van der Waals surface area contributed by atoms with Crippen molar-refractivity contribution in [2.45, 2.75) is 153 Å². The zero-order chi connectivity index (χ0) is 29.1. The molecule has 41 heavy (non-hydrogen) atoms. The molecule has 3 heteroatoms. The minimum absolute atomic E-state index is 0.182. The standard InChI is InChI=1S/C38H62O2S/c39-37(33-35-25-17-15-18-26-35)29-21-11-7-3-1-5-9-13-23-31-41-32-24-14-10-6-2-4-8-12-22-30-38(40)34-36-27-19-16-20-28-36/h15-20,25-28,37-40H,1-14,21-24,29-34H2. The highest BCUT2D eigenvalue weighted by Gasteiger charge is 2.06. The molecule has 2 unspecified atom stereocenters. The van der Waals surface area contributed by atoms with Gasteiger partial charge in [0.2, 0.25) is 0 Å². The molecule has 0 bridgehead atoms. The third-order valence-corrected chi connectivity index (χ3v) is 9.44. The monoisotopic (exact) mass is 582 g/mol. The molecule has 0 aliphatic heterocycles. The van der Waals surface area contributed by atoms with Gasteiger partial charge in [-0.25, -0.2) is 0 Å². The molecular formula is C38H62O2S. The lowest BCUT2D eigenvalue weighted by Crippen LogP contribution is -2.10. The van der Waals surface area contributed by atoms with Gasteiger partial charge in [-0.15, -0.1) is 0 Å². The largest absolute Gasteiger partial charge is 0.393 e. The molecule has 2 rings (SSSR count). The Morgan fingerprint density at radius 3 is 1.02 bits per heavy atom. The van der Waals surface area contributed by atoms with Crippen molar-refractivity contribution in [1.82, 2.24) is 0 Å². The molecule has 0 fully saturated rings. The first-order chi connectivity index (χ1) is 20.2. The van der Waals surface area contributed by atoms with Crippen LogP contribution in [0.15, 0.2) is 60.7 Å². The van der Waals surface area contributed by atoms with E-state index in [1.165, 1.54) is 125 Å². The summed E-state index contributed by atoms with van der Waals surface area (Å²) in [6, 6.07) is 20.7. The van der Waals surface area contributed by atoms with E-state index in [1.54, 1.807) is 0 Å². The Morgan fingerprint density at radius 2 is 0.683 bits per heavy atom. The van der Waals surface area contributed by atoms with Gasteiger partial charge in [0.25, 0.3) is 0 Å². The first kappa shape index (κ1) is 35.9. The third-order valence-electron chi connectivity index (χ3n) is 8.28. The van der Waals surface area contributed by atoms with Crippen LogP contribution in [0.1, 0.15) is 140 Å². The van der Waals surface area contributed by atoms with Crippen molar-refractivity contribution in [3.05, 3.63) is 71.8 Å². The SMILES string of the molecule is OC(CCCCCCCCCCCSCCCCCCCCCCCC(O)Cc1ccccc1)Cc1ccccc1. The van der Waals surface area contributed by atoms with Crippen LogP contribution in [0.4, 0.5) is 0 Å². The Bertz CT molecular complexity index is 729. The highest BCUT2D eigenvalue weighted by Crippen LogP contribution is 2.17. The van der Waals surface area contributed by atoms with Gasteiger partial charge in [-0.1, -0.05) is 163 Å². The molecule has 0 saturated heterocycles. The van der Waals surface area contributed by atoms with E-state index in [0.29, 0.717) is 0 Å². The zero-order valence-electron chi connectivity index (χ0n) is 26.2. The minimum atomic E-state index is -0.182. The summed E-state index contributed by atoms with van der Waals surface area (Å²) in [6.45, 7) is 0. The van der Waals surface area contributed by atoms with Crippen molar-refractivity contribution >= 4 is 11.8 Å². The molecular weight excluding hydrogens is 520 g/mol. The number of benzene rings is 2. The number of unbranched alkanes of at least 4 members (excludes halogenated alkanes) is 16. The normalized spacial score (nSPS) is 12.9. The Balaban J connectivity index is 1.20. The van der Waals surface area contributed by atoms with Crippen molar-refractivity contribution in [3.8, 4) is 0 Å². The number of hydrogen-bond donors (Lipinski definition) is 2. The number of rotatable bonds is 28. The second-order valence-electron chi connectivity index (χ2n) is 12.2. The fraction of sp³-hybridized carbons (Fsp3) is 0.684. The fourth-order valence-corrected chi connectivity index (χ4v) is 6.74. The third kappa shape index (κ3) is 22.0. The van der Waals surface area contributed by atoms with Crippen LogP contribution in [-0.2, 0) is 12.8 Å². The second-order valence-corrected chi connectivity index (χ2v) is 13.5. The molecule has 0 amide bonds. The molecule has 0 heterocycles. The first-order valence-corrected chi connectivity index (χ1v) is 18.4. The Labute approximate surface area is 258 Å². The molecule has 0 spiro atoms. The van der Waals surface area contributed by atoms with Crippen LogP contribution >= 0.6 is 11.8 Å². The summed E-state index contributed by atoms with van der Waals surface area (Å²) >= 11 is 2.17. The maximum Gasteiger partial charge on any atom is 0.0580 e. The van der Waals surface area contributed by atoms with Crippen LogP contribution in [-0.4, -0.2) is 33.9 Å². The molecule has 0 aliphatic rings. The van der Waals surface area contributed by atoms with Gasteiger partial charge >= 0.3 is 0 Å². The van der Waals surface area contributed by atoms with Crippen LogP contribution < -0.4 is 0 Å². The highest BCUT2D eigenvalue weighted by molar-refractivity contribution is 7.99. The summed E-state index contributed by atoms with van der Waals surface area (Å²) in [5.41, 5.74) is 2.49. The summed E-state index contributed by atoms with van der Waals surface area (Å²) in [6.07, 6.45) is 27.3. The van der Waals surface area contributed by atoms with E-state index in [9.17, 15) is 10.2 Å². The minimum Gasteiger partial charge on any atom is -0.393 e. The lowest BCUT2D eigenvalue weighted by Gasteiger charge is -2.10. The van der Waals surface area contributed by atoms with Gasteiger partial charge < -0.3 is 10.2 Å². The maximum atomic E-state index is 10.2. The van der Waals surface area contributed by atoms with E-state index in [0.717, 1.165) is 38.5 Å². The predicted molar refractivity (Wildman–Crippen MR) is 182 cm³/mol. The summed E-state index contributed by atoms with van der Waals surface area (Å²) < 4.78 is 0. The average molecular weight is 583 g/mol. The highest BCUT2D eigenvalue weighted by atomic mass is 32.2. The molecule has 2 aromatic rings. The maximum absolute atomic E-state index is 10.2. The first-order valence-electron chi connectivity index (χ1n) is 17.3. The molecule has 2 atom stereocenters. The van der Waals surface area contributed by atoms with Crippen molar-refractivity contribution < 1.29 is 10.2 Å². The number of hydrogen-bond acceptors (Lipinski definition) is 3. The Kier molecular flexibility index (Phi) is 23.1. The fourth-order valence-electron chi connectivity index (χ4n) is 5.72. The molecule has 0 aromatic heterocycles. The molecule has 0 saturated carbocycles. The zero-order valence-corrected chi connectivity index (χ0v) is 27.0. The molecule has 232 valence electrons. The van der Waals surface area contributed by atoms with E-state index in [1.807, 2.05) is 12.1 Å². The van der Waals surface area contributed by atoms with Gasteiger partial charge in [0.1, 0.15) is 0 Å². The van der Waals surface area contributed by atoms with Crippen LogP contribution in [0.2, 0.25) is 0 Å². The van der Waals surface area contributed by atoms with E-state index in [2.05, 4.69) is 60.3 Å². The summed E-state index contributed by atoms with van der Waals surface area (Å²) in [7, 11) is 0. The second kappa shape index (κ2) is 26.3. The lowest BCUT2D eigenvalue weighted by molar-refractivity contribution is 0.160. The van der Waals surface area contributed by atoms with Crippen molar-refractivity contribution in [3.63, 3.8) is 0 Å². The molecule has 2 N–H and O–H groups in total. The number of aliphatic hydroxyl groups is 2. The van der Waals surface area contributed by atoms with Crippen LogP contribution in [0, 0.1) is 0 Å². The molecule has 0 aliphatic carbocycles. The topological polar surface area (TPSA) is 40.5 Å². The summed E-state index contributed by atoms with van der Waals surface area (Å²) in [4.78, 5) is 0. The predicted octanol–water partition coefficient (Wildman–Crippen LogP) is 10.7. The Hall–Kier alpha value is -1.29. The lowest BCUT2D eigenvalue weighted by atomic mass is 10.0. The number of aliphatic hydroxyl groups excluding tert-OH is 2.